The zero-order valence-corrected chi connectivity index (χ0v) is 10.3. The lowest BCUT2D eigenvalue weighted by atomic mass is 10.3. The largest absolute Gasteiger partial charge is 0.535 e. The van der Waals surface area contributed by atoms with E-state index in [-0.39, 0.29) is 5.82 Å². The Balaban J connectivity index is 5.02. The molecule has 84 valence electrons. The molecule has 0 saturated carbocycles. The summed E-state index contributed by atoms with van der Waals surface area (Å²) in [5.41, 5.74) is 11.2. The second-order valence-corrected chi connectivity index (χ2v) is 5.79. The van der Waals surface area contributed by atoms with Crippen LogP contribution in [-0.4, -0.2) is 30.1 Å². The van der Waals surface area contributed by atoms with E-state index >= 15 is 0 Å². The zero-order valence-electron chi connectivity index (χ0n) is 9.29. The fourth-order valence-electron chi connectivity index (χ4n) is 1.34. The fourth-order valence-corrected chi connectivity index (χ4v) is 3.49. The van der Waals surface area contributed by atoms with E-state index in [4.69, 9.17) is 24.7 Å². The maximum Gasteiger partial charge on any atom is 0.535 e. The van der Waals surface area contributed by atoms with Crippen LogP contribution in [0, 0.1) is 0 Å². The topological polar surface area (TPSA) is 79.7 Å². The van der Waals surface area contributed by atoms with Gasteiger partial charge in [-0.1, -0.05) is 13.3 Å². The van der Waals surface area contributed by atoms with Gasteiger partial charge < -0.3 is 24.7 Å². The van der Waals surface area contributed by atoms with Gasteiger partial charge in [-0.05, 0) is 6.42 Å². The summed E-state index contributed by atoms with van der Waals surface area (Å²) in [6.07, 6.45) is 1.64. The van der Waals surface area contributed by atoms with E-state index in [9.17, 15) is 0 Å². The lowest BCUT2D eigenvalue weighted by molar-refractivity contribution is 0.133. The van der Waals surface area contributed by atoms with Gasteiger partial charge in [-0.3, -0.25) is 0 Å². The number of nitrogens with two attached hydrogens (primary N) is 2. The molecule has 14 heavy (non-hydrogen) atoms. The van der Waals surface area contributed by atoms with E-state index in [1.165, 1.54) is 21.3 Å². The van der Waals surface area contributed by atoms with Crippen LogP contribution in [0.4, 0.5) is 0 Å². The van der Waals surface area contributed by atoms with E-state index in [0.29, 0.717) is 0 Å². The number of allylic oxidation sites excluding steroid dienone is 1. The molecule has 0 saturated heterocycles. The minimum absolute atomic E-state index is 0.240. The summed E-state index contributed by atoms with van der Waals surface area (Å²) >= 11 is 0. The van der Waals surface area contributed by atoms with Gasteiger partial charge in [0, 0.05) is 26.5 Å². The molecule has 0 fully saturated rings. The Kier molecular flexibility index (Phi) is 5.78. The lowest BCUT2D eigenvalue weighted by Gasteiger charge is -2.27. The van der Waals surface area contributed by atoms with Crippen LogP contribution < -0.4 is 11.5 Å². The smallest absolute Gasteiger partial charge is 0.386 e. The Labute approximate surface area is 86.4 Å². The Hall–Kier alpha value is -0.563. The van der Waals surface area contributed by atoms with Gasteiger partial charge in [-0.15, -0.1) is 0 Å². The second-order valence-electron chi connectivity index (χ2n) is 2.85. The predicted molar refractivity (Wildman–Crippen MR) is 57.1 cm³/mol. The monoisotopic (exact) mass is 220 g/mol. The number of hydrogen-bond donors (Lipinski definition) is 2. The molecule has 0 spiro atoms. The number of hydrogen-bond acceptors (Lipinski definition) is 5. The van der Waals surface area contributed by atoms with Crippen molar-refractivity contribution in [3.63, 3.8) is 0 Å². The normalized spacial score (nSPS) is 11.4. The van der Waals surface area contributed by atoms with Gasteiger partial charge in [0.05, 0.1) is 5.82 Å². The first-order valence-electron chi connectivity index (χ1n) is 4.48. The Bertz CT molecular complexity index is 192. The highest BCUT2D eigenvalue weighted by molar-refractivity contribution is 6.68. The van der Waals surface area contributed by atoms with Crippen LogP contribution in [-0.2, 0) is 13.3 Å². The summed E-state index contributed by atoms with van der Waals surface area (Å²) < 4.78 is 15.9. The maximum absolute atomic E-state index is 5.59. The van der Waals surface area contributed by atoms with Crippen molar-refractivity contribution in [1.29, 1.82) is 0 Å². The Morgan fingerprint density at radius 3 is 1.71 bits per heavy atom. The summed E-state index contributed by atoms with van der Waals surface area (Å²) in [5, 5.41) is 0.757. The molecule has 0 aliphatic carbocycles. The Morgan fingerprint density at radius 2 is 1.50 bits per heavy atom. The maximum atomic E-state index is 5.59. The van der Waals surface area contributed by atoms with Gasteiger partial charge in [0.25, 0.3) is 0 Å². The summed E-state index contributed by atoms with van der Waals surface area (Å²) in [7, 11) is 1.82. The highest BCUT2D eigenvalue weighted by Gasteiger charge is 2.43. The van der Waals surface area contributed by atoms with E-state index in [0.717, 1.165) is 18.0 Å². The summed E-state index contributed by atoms with van der Waals surface area (Å²) in [6.45, 7) is 2.03. The molecular weight excluding hydrogens is 200 g/mol. The molecule has 0 bridgehead atoms. The average Bonchev–Trinajstić information content (AvgIpc) is 2.19. The van der Waals surface area contributed by atoms with Crippen LogP contribution in [0.2, 0.25) is 0 Å². The molecule has 0 aromatic carbocycles. The standard InChI is InChI=1S/C8H20N2O3Si/c1-5-6-7(8(9)10)14(11-2,12-3)13-4/h5-6,9-10H2,1-4H3. The Morgan fingerprint density at radius 1 is 1.07 bits per heavy atom. The first-order valence-corrected chi connectivity index (χ1v) is 6.20. The predicted octanol–water partition coefficient (Wildman–Crippen LogP) is 0.333. The van der Waals surface area contributed by atoms with Crippen molar-refractivity contribution >= 4 is 8.80 Å². The molecular formula is C8H20N2O3Si. The lowest BCUT2D eigenvalue weighted by Crippen LogP contribution is -2.47. The fraction of sp³-hybridized carbons (Fsp3) is 0.750. The molecule has 0 aliphatic heterocycles. The quantitative estimate of drug-likeness (QED) is 0.631. The molecule has 0 aliphatic rings. The van der Waals surface area contributed by atoms with Gasteiger partial charge in [0.2, 0.25) is 0 Å². The SMILES string of the molecule is CCCC(=C(N)N)[Si](OC)(OC)OC. The van der Waals surface area contributed by atoms with Crippen molar-refractivity contribution in [1.82, 2.24) is 0 Å². The molecule has 0 unspecified atom stereocenters. The van der Waals surface area contributed by atoms with Gasteiger partial charge >= 0.3 is 8.80 Å². The van der Waals surface area contributed by atoms with Crippen LogP contribution in [0.5, 0.6) is 0 Å². The van der Waals surface area contributed by atoms with Crippen molar-refractivity contribution < 1.29 is 13.3 Å². The van der Waals surface area contributed by atoms with Gasteiger partial charge in [-0.25, -0.2) is 0 Å². The summed E-state index contributed by atoms with van der Waals surface area (Å²) in [5.74, 6) is 0.240. The highest BCUT2D eigenvalue weighted by atomic mass is 28.4. The first-order chi connectivity index (χ1) is 6.57. The molecule has 0 aromatic heterocycles. The molecule has 0 rings (SSSR count). The molecule has 4 N–H and O–H groups in total. The highest BCUT2D eigenvalue weighted by Crippen LogP contribution is 2.22. The zero-order chi connectivity index (χ0) is 11.2. The molecule has 0 atom stereocenters. The minimum Gasteiger partial charge on any atom is -0.386 e. The van der Waals surface area contributed by atoms with Crippen molar-refractivity contribution in [3.8, 4) is 0 Å². The van der Waals surface area contributed by atoms with Crippen LogP contribution in [0.25, 0.3) is 0 Å². The molecule has 5 nitrogen and oxygen atoms in total. The number of rotatable bonds is 6. The van der Waals surface area contributed by atoms with Gasteiger partial charge in [-0.2, -0.15) is 0 Å². The van der Waals surface area contributed by atoms with Crippen molar-refractivity contribution in [2.45, 2.75) is 19.8 Å². The third-order valence-corrected chi connectivity index (χ3v) is 4.91. The summed E-state index contributed by atoms with van der Waals surface area (Å²) in [4.78, 5) is 0. The van der Waals surface area contributed by atoms with Crippen LogP contribution >= 0.6 is 0 Å². The van der Waals surface area contributed by atoms with E-state index in [2.05, 4.69) is 0 Å². The van der Waals surface area contributed by atoms with Crippen LogP contribution in [0.15, 0.2) is 11.0 Å². The van der Waals surface area contributed by atoms with Crippen LogP contribution in [0.3, 0.4) is 0 Å². The van der Waals surface area contributed by atoms with Gasteiger partial charge in [0.1, 0.15) is 0 Å². The third-order valence-electron chi connectivity index (χ3n) is 2.02. The third kappa shape index (κ3) is 2.71. The van der Waals surface area contributed by atoms with E-state index in [1.807, 2.05) is 6.92 Å². The average molecular weight is 220 g/mol. The molecule has 0 radical (unpaired) electrons. The summed E-state index contributed by atoms with van der Waals surface area (Å²) in [6, 6.07) is 0. The molecule has 0 aromatic rings. The van der Waals surface area contributed by atoms with Crippen LogP contribution in [0.1, 0.15) is 19.8 Å². The van der Waals surface area contributed by atoms with E-state index in [1.54, 1.807) is 0 Å². The van der Waals surface area contributed by atoms with E-state index < -0.39 is 8.80 Å². The van der Waals surface area contributed by atoms with Crippen molar-refractivity contribution in [2.24, 2.45) is 11.5 Å². The van der Waals surface area contributed by atoms with Crippen molar-refractivity contribution in [2.75, 3.05) is 21.3 Å². The molecule has 0 heterocycles. The first kappa shape index (κ1) is 13.4. The molecule has 0 amide bonds. The second kappa shape index (κ2) is 6.02. The molecule has 6 heteroatoms. The van der Waals surface area contributed by atoms with Crippen molar-refractivity contribution in [3.05, 3.63) is 11.0 Å². The van der Waals surface area contributed by atoms with Gasteiger partial charge in [0.15, 0.2) is 0 Å². The minimum atomic E-state index is -2.80.